The SMILES string of the molecule is Cc1ccccc1C(NCCN(C)C)C(N)=O. The first-order chi connectivity index (χ1) is 8.02. The number of nitrogens with zero attached hydrogens (tertiary/aromatic N) is 1. The molecule has 0 aromatic heterocycles. The van der Waals surface area contributed by atoms with Crippen LogP contribution in [0.1, 0.15) is 17.2 Å². The number of primary amides is 1. The second kappa shape index (κ2) is 6.37. The van der Waals surface area contributed by atoms with E-state index in [4.69, 9.17) is 5.73 Å². The number of rotatable bonds is 6. The monoisotopic (exact) mass is 235 g/mol. The van der Waals surface area contributed by atoms with Crippen molar-refractivity contribution < 1.29 is 4.79 Å². The van der Waals surface area contributed by atoms with Gasteiger partial charge >= 0.3 is 0 Å². The Labute approximate surface area is 103 Å². The van der Waals surface area contributed by atoms with Crippen LogP contribution < -0.4 is 11.1 Å². The van der Waals surface area contributed by atoms with Gasteiger partial charge in [-0.1, -0.05) is 24.3 Å². The van der Waals surface area contributed by atoms with Crippen LogP contribution in [0.15, 0.2) is 24.3 Å². The maximum absolute atomic E-state index is 11.5. The van der Waals surface area contributed by atoms with Gasteiger partial charge in [-0.15, -0.1) is 0 Å². The van der Waals surface area contributed by atoms with Crippen LogP contribution in [0.5, 0.6) is 0 Å². The Bertz CT molecular complexity index is 377. The van der Waals surface area contributed by atoms with E-state index in [0.29, 0.717) is 0 Å². The maximum atomic E-state index is 11.5. The third-order valence-electron chi connectivity index (χ3n) is 2.69. The molecule has 94 valence electrons. The molecule has 1 atom stereocenters. The normalized spacial score (nSPS) is 12.7. The zero-order valence-corrected chi connectivity index (χ0v) is 10.7. The van der Waals surface area contributed by atoms with E-state index in [2.05, 4.69) is 10.2 Å². The van der Waals surface area contributed by atoms with Gasteiger partial charge in [0.25, 0.3) is 0 Å². The molecule has 0 spiro atoms. The summed E-state index contributed by atoms with van der Waals surface area (Å²) >= 11 is 0. The molecule has 0 aliphatic heterocycles. The smallest absolute Gasteiger partial charge is 0.239 e. The summed E-state index contributed by atoms with van der Waals surface area (Å²) < 4.78 is 0. The molecule has 4 nitrogen and oxygen atoms in total. The molecule has 1 unspecified atom stereocenters. The molecule has 0 aliphatic rings. The van der Waals surface area contributed by atoms with Crippen LogP contribution >= 0.6 is 0 Å². The molecule has 3 N–H and O–H groups in total. The molecule has 0 saturated heterocycles. The van der Waals surface area contributed by atoms with Gasteiger partial charge in [-0.25, -0.2) is 0 Å². The van der Waals surface area contributed by atoms with Crippen molar-refractivity contribution in [1.29, 1.82) is 0 Å². The van der Waals surface area contributed by atoms with Gasteiger partial charge in [0.1, 0.15) is 6.04 Å². The standard InChI is InChI=1S/C13H21N3O/c1-10-6-4-5-7-11(10)12(13(14)17)15-8-9-16(2)3/h4-7,12,15H,8-9H2,1-3H3,(H2,14,17). The van der Waals surface area contributed by atoms with Crippen molar-refractivity contribution >= 4 is 5.91 Å². The summed E-state index contributed by atoms with van der Waals surface area (Å²) in [5, 5.41) is 3.19. The lowest BCUT2D eigenvalue weighted by Gasteiger charge is -2.19. The third kappa shape index (κ3) is 4.17. The van der Waals surface area contributed by atoms with Gasteiger partial charge in [0.15, 0.2) is 0 Å². The van der Waals surface area contributed by atoms with E-state index in [1.807, 2.05) is 45.3 Å². The van der Waals surface area contributed by atoms with E-state index >= 15 is 0 Å². The Morgan fingerprint density at radius 1 is 1.41 bits per heavy atom. The van der Waals surface area contributed by atoms with E-state index in [9.17, 15) is 4.79 Å². The zero-order valence-electron chi connectivity index (χ0n) is 10.7. The van der Waals surface area contributed by atoms with Gasteiger partial charge in [0, 0.05) is 13.1 Å². The lowest BCUT2D eigenvalue weighted by Crippen LogP contribution is -2.37. The predicted molar refractivity (Wildman–Crippen MR) is 69.7 cm³/mol. The summed E-state index contributed by atoms with van der Waals surface area (Å²) in [7, 11) is 3.99. The molecule has 1 rings (SSSR count). The number of likely N-dealkylation sites (N-methyl/N-ethyl adjacent to an activating group) is 1. The predicted octanol–water partition coefficient (Wildman–Crippen LogP) is 0.673. The highest BCUT2D eigenvalue weighted by Gasteiger charge is 2.18. The molecule has 0 saturated carbocycles. The number of aryl methyl sites for hydroxylation is 1. The number of nitrogens with two attached hydrogens (primary N) is 1. The van der Waals surface area contributed by atoms with Crippen molar-refractivity contribution in [2.24, 2.45) is 5.73 Å². The van der Waals surface area contributed by atoms with Crippen LogP contribution in [-0.4, -0.2) is 38.0 Å². The van der Waals surface area contributed by atoms with Crippen LogP contribution in [0, 0.1) is 6.92 Å². The Balaban J connectivity index is 2.73. The summed E-state index contributed by atoms with van der Waals surface area (Å²) in [4.78, 5) is 13.5. The minimum Gasteiger partial charge on any atom is -0.368 e. The lowest BCUT2D eigenvalue weighted by atomic mass is 10.0. The molecular formula is C13H21N3O. The Morgan fingerprint density at radius 2 is 2.06 bits per heavy atom. The molecular weight excluding hydrogens is 214 g/mol. The number of carbonyl (C=O) groups excluding carboxylic acids is 1. The molecule has 0 heterocycles. The van der Waals surface area contributed by atoms with Crippen LogP contribution in [0.3, 0.4) is 0 Å². The minimum atomic E-state index is -0.406. The molecule has 1 aromatic rings. The number of hydrogen-bond acceptors (Lipinski definition) is 3. The summed E-state index contributed by atoms with van der Waals surface area (Å²) in [6, 6.07) is 7.39. The highest BCUT2D eigenvalue weighted by Crippen LogP contribution is 2.16. The highest BCUT2D eigenvalue weighted by molar-refractivity contribution is 5.81. The van der Waals surface area contributed by atoms with Gasteiger partial charge in [-0.05, 0) is 32.1 Å². The zero-order chi connectivity index (χ0) is 12.8. The topological polar surface area (TPSA) is 58.4 Å². The van der Waals surface area contributed by atoms with E-state index in [-0.39, 0.29) is 5.91 Å². The molecule has 4 heteroatoms. The average Bonchev–Trinajstić information content (AvgIpc) is 2.25. The quantitative estimate of drug-likeness (QED) is 0.762. The van der Waals surface area contributed by atoms with Crippen LogP contribution in [-0.2, 0) is 4.79 Å². The van der Waals surface area contributed by atoms with Crippen molar-refractivity contribution in [3.8, 4) is 0 Å². The first-order valence-electron chi connectivity index (χ1n) is 5.75. The number of amides is 1. The van der Waals surface area contributed by atoms with Crippen molar-refractivity contribution in [2.45, 2.75) is 13.0 Å². The Kier molecular flexibility index (Phi) is 5.12. The highest BCUT2D eigenvalue weighted by atomic mass is 16.1. The molecule has 17 heavy (non-hydrogen) atoms. The van der Waals surface area contributed by atoms with Crippen molar-refractivity contribution in [1.82, 2.24) is 10.2 Å². The average molecular weight is 235 g/mol. The van der Waals surface area contributed by atoms with Gasteiger partial charge in [0.05, 0.1) is 0 Å². The molecule has 0 bridgehead atoms. The molecule has 1 aromatic carbocycles. The van der Waals surface area contributed by atoms with E-state index in [0.717, 1.165) is 24.2 Å². The minimum absolute atomic E-state index is 0.335. The molecule has 0 fully saturated rings. The Hall–Kier alpha value is -1.39. The number of nitrogens with one attached hydrogen (secondary N) is 1. The Morgan fingerprint density at radius 3 is 2.59 bits per heavy atom. The second-order valence-corrected chi connectivity index (χ2v) is 4.45. The fourth-order valence-corrected chi connectivity index (χ4v) is 1.71. The van der Waals surface area contributed by atoms with Gasteiger partial charge in [-0.3, -0.25) is 4.79 Å². The maximum Gasteiger partial charge on any atom is 0.239 e. The van der Waals surface area contributed by atoms with E-state index < -0.39 is 6.04 Å². The third-order valence-corrected chi connectivity index (χ3v) is 2.69. The second-order valence-electron chi connectivity index (χ2n) is 4.45. The van der Waals surface area contributed by atoms with Crippen molar-refractivity contribution in [3.05, 3.63) is 35.4 Å². The van der Waals surface area contributed by atoms with Crippen LogP contribution in [0.2, 0.25) is 0 Å². The molecule has 1 amide bonds. The van der Waals surface area contributed by atoms with Gasteiger partial charge in [-0.2, -0.15) is 0 Å². The summed E-state index contributed by atoms with van der Waals surface area (Å²) in [5.74, 6) is -0.335. The van der Waals surface area contributed by atoms with Crippen LogP contribution in [0.25, 0.3) is 0 Å². The molecule has 0 radical (unpaired) electrons. The molecule has 0 aliphatic carbocycles. The lowest BCUT2D eigenvalue weighted by molar-refractivity contribution is -0.120. The fourth-order valence-electron chi connectivity index (χ4n) is 1.71. The first kappa shape index (κ1) is 13.7. The van der Waals surface area contributed by atoms with Crippen molar-refractivity contribution in [2.75, 3.05) is 27.2 Å². The van der Waals surface area contributed by atoms with Gasteiger partial charge < -0.3 is 16.0 Å². The van der Waals surface area contributed by atoms with Crippen molar-refractivity contribution in [3.63, 3.8) is 0 Å². The number of benzene rings is 1. The van der Waals surface area contributed by atoms with Crippen LogP contribution in [0.4, 0.5) is 0 Å². The summed E-state index contributed by atoms with van der Waals surface area (Å²) in [5.41, 5.74) is 7.47. The summed E-state index contributed by atoms with van der Waals surface area (Å²) in [6.07, 6.45) is 0. The fraction of sp³-hybridized carbons (Fsp3) is 0.462. The first-order valence-corrected chi connectivity index (χ1v) is 5.75. The van der Waals surface area contributed by atoms with E-state index in [1.54, 1.807) is 0 Å². The largest absolute Gasteiger partial charge is 0.368 e. The number of carbonyl (C=O) groups is 1. The number of hydrogen-bond donors (Lipinski definition) is 2. The van der Waals surface area contributed by atoms with E-state index in [1.165, 1.54) is 0 Å². The van der Waals surface area contributed by atoms with Gasteiger partial charge in [0.2, 0.25) is 5.91 Å². The summed E-state index contributed by atoms with van der Waals surface area (Å²) in [6.45, 7) is 3.59.